The van der Waals surface area contributed by atoms with Gasteiger partial charge in [-0.05, 0) is 29.7 Å². The van der Waals surface area contributed by atoms with Crippen molar-refractivity contribution in [3.63, 3.8) is 0 Å². The van der Waals surface area contributed by atoms with Crippen molar-refractivity contribution in [2.45, 2.75) is 18.4 Å². The number of carbonyl (C=O) groups is 1. The van der Waals surface area contributed by atoms with Crippen LogP contribution in [0.4, 0.5) is 0 Å². The summed E-state index contributed by atoms with van der Waals surface area (Å²) in [4.78, 5) is 12.4. The molecule has 1 fully saturated rings. The van der Waals surface area contributed by atoms with Gasteiger partial charge >= 0.3 is 0 Å². The number of ether oxygens (including phenoxy) is 1. The largest absolute Gasteiger partial charge is 0.497 e. The highest BCUT2D eigenvalue weighted by molar-refractivity contribution is 5.83. The number of rotatable bonds is 3. The Morgan fingerprint density at radius 2 is 1.78 bits per heavy atom. The molecule has 1 aliphatic rings. The molecule has 23 heavy (non-hydrogen) atoms. The van der Waals surface area contributed by atoms with Gasteiger partial charge in [-0.1, -0.05) is 42.5 Å². The monoisotopic (exact) mass is 306 g/mol. The Labute approximate surface area is 135 Å². The van der Waals surface area contributed by atoms with E-state index in [2.05, 4.69) is 11.4 Å². The second-order valence-electron chi connectivity index (χ2n) is 5.69. The zero-order valence-corrected chi connectivity index (χ0v) is 12.9. The first-order chi connectivity index (χ1) is 11.2. The fourth-order valence-corrected chi connectivity index (χ4v) is 3.13. The number of piperidine rings is 1. The van der Waals surface area contributed by atoms with Gasteiger partial charge in [0.25, 0.3) is 0 Å². The third kappa shape index (κ3) is 3.04. The zero-order chi connectivity index (χ0) is 16.2. The number of hydrogen-bond donors (Lipinski definition) is 1. The number of carbonyl (C=O) groups excluding carboxylic acids is 1. The fraction of sp³-hybridized carbons (Fsp3) is 0.263. The summed E-state index contributed by atoms with van der Waals surface area (Å²) in [6, 6.07) is 19.5. The highest BCUT2D eigenvalue weighted by Crippen LogP contribution is 2.38. The number of amides is 1. The maximum absolute atomic E-state index is 12.4. The molecule has 3 rings (SSSR count). The van der Waals surface area contributed by atoms with Crippen LogP contribution in [0.5, 0.6) is 5.75 Å². The van der Waals surface area contributed by atoms with E-state index in [1.54, 1.807) is 7.11 Å². The Morgan fingerprint density at radius 3 is 2.39 bits per heavy atom. The topological polar surface area (TPSA) is 62.1 Å². The summed E-state index contributed by atoms with van der Waals surface area (Å²) in [5.74, 6) is -0.159. The van der Waals surface area contributed by atoms with Crippen LogP contribution in [0.3, 0.4) is 0 Å². The van der Waals surface area contributed by atoms with E-state index in [0.717, 1.165) is 16.9 Å². The standard InChI is InChI=1S/C19H18N2O2/c1-23-15-9-7-14(8-10-15)18-11-16(13-5-3-2-4-6-13)17(12-20)19(22)21-18/h2-10,16-18H,11H2,1H3,(H,21,22). The summed E-state index contributed by atoms with van der Waals surface area (Å²) in [5, 5.41) is 12.4. The normalized spacial score (nSPS) is 23.7. The van der Waals surface area contributed by atoms with E-state index in [4.69, 9.17) is 4.74 Å². The first kappa shape index (κ1) is 15.1. The van der Waals surface area contributed by atoms with Gasteiger partial charge in [0, 0.05) is 5.92 Å². The number of nitrogens with zero attached hydrogens (tertiary/aromatic N) is 1. The molecular formula is C19H18N2O2. The molecule has 116 valence electrons. The van der Waals surface area contributed by atoms with E-state index >= 15 is 0 Å². The summed E-state index contributed by atoms with van der Waals surface area (Å²) in [6.45, 7) is 0. The lowest BCUT2D eigenvalue weighted by Gasteiger charge is -2.33. The molecule has 0 bridgehead atoms. The van der Waals surface area contributed by atoms with Gasteiger partial charge in [0.05, 0.1) is 19.2 Å². The van der Waals surface area contributed by atoms with Crippen LogP contribution in [0.2, 0.25) is 0 Å². The summed E-state index contributed by atoms with van der Waals surface area (Å²) < 4.78 is 5.17. The Bertz CT molecular complexity index is 719. The first-order valence-corrected chi connectivity index (χ1v) is 7.62. The van der Waals surface area contributed by atoms with Crippen molar-refractivity contribution in [3.8, 4) is 11.8 Å². The quantitative estimate of drug-likeness (QED) is 0.947. The molecule has 1 N–H and O–H groups in total. The van der Waals surface area contributed by atoms with Crippen LogP contribution in [0, 0.1) is 17.2 Å². The summed E-state index contributed by atoms with van der Waals surface area (Å²) >= 11 is 0. The van der Waals surface area contributed by atoms with Gasteiger partial charge in [0.15, 0.2) is 0 Å². The highest BCUT2D eigenvalue weighted by atomic mass is 16.5. The van der Waals surface area contributed by atoms with Crippen molar-refractivity contribution in [2.24, 2.45) is 5.92 Å². The molecule has 1 amide bonds. The average Bonchev–Trinajstić information content (AvgIpc) is 2.62. The molecule has 0 spiro atoms. The second-order valence-corrected chi connectivity index (χ2v) is 5.69. The molecule has 0 aromatic heterocycles. The van der Waals surface area contributed by atoms with Crippen molar-refractivity contribution in [1.29, 1.82) is 5.26 Å². The summed E-state index contributed by atoms with van der Waals surface area (Å²) in [7, 11) is 1.63. The van der Waals surface area contributed by atoms with Crippen LogP contribution < -0.4 is 10.1 Å². The molecule has 4 heteroatoms. The molecule has 4 nitrogen and oxygen atoms in total. The van der Waals surface area contributed by atoms with Gasteiger partial charge < -0.3 is 10.1 Å². The average molecular weight is 306 g/mol. The molecule has 1 aliphatic heterocycles. The van der Waals surface area contributed by atoms with Crippen LogP contribution in [-0.4, -0.2) is 13.0 Å². The SMILES string of the molecule is COc1ccc(C2CC(c3ccccc3)C(C#N)C(=O)N2)cc1. The van der Waals surface area contributed by atoms with Crippen LogP contribution in [-0.2, 0) is 4.79 Å². The van der Waals surface area contributed by atoms with E-state index in [-0.39, 0.29) is 17.9 Å². The van der Waals surface area contributed by atoms with Gasteiger partial charge in [-0.25, -0.2) is 0 Å². The third-order valence-corrected chi connectivity index (χ3v) is 4.38. The van der Waals surface area contributed by atoms with Crippen molar-refractivity contribution >= 4 is 5.91 Å². The number of nitriles is 1. The molecule has 1 saturated heterocycles. The van der Waals surface area contributed by atoms with Gasteiger partial charge in [-0.3, -0.25) is 4.79 Å². The van der Waals surface area contributed by atoms with E-state index < -0.39 is 5.92 Å². The van der Waals surface area contributed by atoms with Crippen molar-refractivity contribution in [2.75, 3.05) is 7.11 Å². The Morgan fingerprint density at radius 1 is 1.09 bits per heavy atom. The first-order valence-electron chi connectivity index (χ1n) is 7.62. The lowest BCUT2D eigenvalue weighted by atomic mass is 9.77. The molecule has 1 heterocycles. The zero-order valence-electron chi connectivity index (χ0n) is 12.9. The van der Waals surface area contributed by atoms with Crippen LogP contribution in [0.15, 0.2) is 54.6 Å². The number of nitrogens with one attached hydrogen (secondary N) is 1. The second kappa shape index (κ2) is 6.53. The van der Waals surface area contributed by atoms with Gasteiger partial charge in [0.2, 0.25) is 5.91 Å². The Kier molecular flexibility index (Phi) is 4.29. The Hall–Kier alpha value is -2.80. The summed E-state index contributed by atoms with van der Waals surface area (Å²) in [5.41, 5.74) is 2.06. The maximum atomic E-state index is 12.4. The molecule has 0 radical (unpaired) electrons. The minimum atomic E-state index is -0.646. The maximum Gasteiger partial charge on any atom is 0.238 e. The minimum absolute atomic E-state index is 0.0942. The van der Waals surface area contributed by atoms with Gasteiger partial charge in [-0.15, -0.1) is 0 Å². The molecular weight excluding hydrogens is 288 g/mol. The Balaban J connectivity index is 1.89. The smallest absolute Gasteiger partial charge is 0.238 e. The van der Waals surface area contributed by atoms with Crippen LogP contribution in [0.1, 0.15) is 29.5 Å². The fourth-order valence-electron chi connectivity index (χ4n) is 3.13. The van der Waals surface area contributed by atoms with Crippen molar-refractivity contribution in [3.05, 3.63) is 65.7 Å². The predicted molar refractivity (Wildman–Crippen MR) is 86.8 cm³/mol. The van der Waals surface area contributed by atoms with Crippen molar-refractivity contribution in [1.82, 2.24) is 5.32 Å². The summed E-state index contributed by atoms with van der Waals surface area (Å²) in [6.07, 6.45) is 0.709. The van der Waals surface area contributed by atoms with Crippen molar-refractivity contribution < 1.29 is 9.53 Å². The molecule has 3 atom stereocenters. The lowest BCUT2D eigenvalue weighted by Crippen LogP contribution is -2.42. The molecule has 0 aliphatic carbocycles. The molecule has 3 unspecified atom stereocenters. The number of benzene rings is 2. The minimum Gasteiger partial charge on any atom is -0.497 e. The molecule has 2 aromatic carbocycles. The third-order valence-electron chi connectivity index (χ3n) is 4.38. The lowest BCUT2D eigenvalue weighted by molar-refractivity contribution is -0.126. The van der Waals surface area contributed by atoms with Crippen LogP contribution >= 0.6 is 0 Å². The predicted octanol–water partition coefficient (Wildman–Crippen LogP) is 3.18. The van der Waals surface area contributed by atoms with E-state index in [0.29, 0.717) is 6.42 Å². The number of hydrogen-bond acceptors (Lipinski definition) is 3. The molecule has 0 saturated carbocycles. The molecule has 2 aromatic rings. The highest BCUT2D eigenvalue weighted by Gasteiger charge is 2.37. The van der Waals surface area contributed by atoms with E-state index in [1.807, 2.05) is 54.6 Å². The van der Waals surface area contributed by atoms with Gasteiger partial charge in [0.1, 0.15) is 11.7 Å². The number of methoxy groups -OCH3 is 1. The van der Waals surface area contributed by atoms with Crippen LogP contribution in [0.25, 0.3) is 0 Å². The van der Waals surface area contributed by atoms with E-state index in [9.17, 15) is 10.1 Å². The van der Waals surface area contributed by atoms with Gasteiger partial charge in [-0.2, -0.15) is 5.26 Å². The van der Waals surface area contributed by atoms with E-state index in [1.165, 1.54) is 0 Å².